The number of anilines is 1. The van der Waals surface area contributed by atoms with Gasteiger partial charge in [0, 0.05) is 15.7 Å². The first-order valence-corrected chi connectivity index (χ1v) is 9.79. The fourth-order valence-electron chi connectivity index (χ4n) is 2.89. The average Bonchev–Trinajstić information content (AvgIpc) is 2.71. The Morgan fingerprint density at radius 3 is 2.21 bits per heavy atom. The lowest BCUT2D eigenvalue weighted by atomic mass is 10.0. The van der Waals surface area contributed by atoms with Crippen LogP contribution < -0.4 is 10.6 Å². The number of carbonyl (C=O) groups excluding carboxylic acids is 2. The summed E-state index contributed by atoms with van der Waals surface area (Å²) in [6.07, 6.45) is 0.137. The molecule has 4 nitrogen and oxygen atoms in total. The lowest BCUT2D eigenvalue weighted by Crippen LogP contribution is -2.31. The van der Waals surface area contributed by atoms with Crippen LogP contribution in [0.2, 0.25) is 0 Å². The minimum atomic E-state index is -0.426. The molecule has 0 fully saturated rings. The van der Waals surface area contributed by atoms with Crippen molar-refractivity contribution < 1.29 is 9.59 Å². The molecule has 0 saturated heterocycles. The molecule has 0 aromatic heterocycles. The van der Waals surface area contributed by atoms with Crippen LogP contribution in [0.5, 0.6) is 0 Å². The van der Waals surface area contributed by atoms with Crippen molar-refractivity contribution in [3.05, 3.63) is 100 Å². The predicted molar refractivity (Wildman–Crippen MR) is 115 cm³/mol. The molecule has 3 aromatic carbocycles. The van der Waals surface area contributed by atoms with Gasteiger partial charge in [-0.3, -0.25) is 9.59 Å². The highest BCUT2D eigenvalue weighted by atomic mass is 79.9. The maximum atomic E-state index is 12.6. The fourth-order valence-corrected chi connectivity index (χ4v) is 3.14. The van der Waals surface area contributed by atoms with E-state index in [-0.39, 0.29) is 18.2 Å². The van der Waals surface area contributed by atoms with Crippen LogP contribution in [-0.4, -0.2) is 11.8 Å². The first-order valence-electron chi connectivity index (χ1n) is 9.00. The van der Waals surface area contributed by atoms with Crippen molar-refractivity contribution in [1.29, 1.82) is 0 Å². The fraction of sp³-hybridized carbons (Fsp3) is 0.130. The van der Waals surface area contributed by atoms with E-state index >= 15 is 0 Å². The molecule has 0 aliphatic heterocycles. The van der Waals surface area contributed by atoms with Crippen LogP contribution in [0, 0.1) is 6.92 Å². The SMILES string of the molecule is Cc1cc(NC(=O)C[C@H](NC(=O)c2ccccc2)c2ccccc2)ccc1Br. The number of nitrogens with one attached hydrogen (secondary N) is 2. The molecular formula is C23H21BrN2O2. The molecule has 0 radical (unpaired) electrons. The molecule has 28 heavy (non-hydrogen) atoms. The maximum absolute atomic E-state index is 12.6. The quantitative estimate of drug-likeness (QED) is 0.553. The summed E-state index contributed by atoms with van der Waals surface area (Å²) in [6.45, 7) is 1.96. The summed E-state index contributed by atoms with van der Waals surface area (Å²) < 4.78 is 0.989. The molecule has 3 rings (SSSR count). The van der Waals surface area contributed by atoms with Gasteiger partial charge in [-0.25, -0.2) is 0 Å². The highest BCUT2D eigenvalue weighted by Gasteiger charge is 2.19. The Kier molecular flexibility index (Phi) is 6.61. The number of halogens is 1. The van der Waals surface area contributed by atoms with Gasteiger partial charge in [0.05, 0.1) is 12.5 Å². The van der Waals surface area contributed by atoms with Gasteiger partial charge in [0.1, 0.15) is 0 Å². The predicted octanol–water partition coefficient (Wildman–Crippen LogP) is 5.26. The Morgan fingerprint density at radius 1 is 0.929 bits per heavy atom. The van der Waals surface area contributed by atoms with E-state index in [1.54, 1.807) is 12.1 Å². The van der Waals surface area contributed by atoms with Crippen LogP contribution in [0.3, 0.4) is 0 Å². The van der Waals surface area contributed by atoms with Gasteiger partial charge in [-0.1, -0.05) is 64.5 Å². The van der Waals surface area contributed by atoms with Gasteiger partial charge in [0.2, 0.25) is 5.91 Å². The molecule has 0 aliphatic rings. The lowest BCUT2D eigenvalue weighted by molar-refractivity contribution is -0.116. The van der Waals surface area contributed by atoms with E-state index in [1.807, 2.05) is 73.7 Å². The molecule has 1 atom stereocenters. The number of hydrogen-bond acceptors (Lipinski definition) is 2. The van der Waals surface area contributed by atoms with E-state index in [9.17, 15) is 9.59 Å². The molecule has 0 heterocycles. The van der Waals surface area contributed by atoms with E-state index in [0.717, 1.165) is 21.3 Å². The summed E-state index contributed by atoms with van der Waals surface area (Å²) in [6, 6.07) is 23.7. The van der Waals surface area contributed by atoms with Crippen LogP contribution in [0.4, 0.5) is 5.69 Å². The molecule has 0 spiro atoms. The molecule has 0 bridgehead atoms. The Bertz CT molecular complexity index is 959. The van der Waals surface area contributed by atoms with Gasteiger partial charge < -0.3 is 10.6 Å². The monoisotopic (exact) mass is 436 g/mol. The second kappa shape index (κ2) is 9.33. The number of benzene rings is 3. The third-order valence-electron chi connectivity index (χ3n) is 4.37. The Morgan fingerprint density at radius 2 is 1.57 bits per heavy atom. The van der Waals surface area contributed by atoms with Crippen LogP contribution >= 0.6 is 15.9 Å². The molecule has 3 aromatic rings. The topological polar surface area (TPSA) is 58.2 Å². The molecular weight excluding hydrogens is 416 g/mol. The normalized spacial score (nSPS) is 11.5. The van der Waals surface area contributed by atoms with E-state index in [0.29, 0.717) is 5.56 Å². The van der Waals surface area contributed by atoms with Gasteiger partial charge in [-0.05, 0) is 48.4 Å². The van der Waals surface area contributed by atoms with Gasteiger partial charge >= 0.3 is 0 Å². The summed E-state index contributed by atoms with van der Waals surface area (Å²) in [7, 11) is 0. The van der Waals surface area contributed by atoms with Crippen molar-refractivity contribution in [1.82, 2.24) is 5.32 Å². The van der Waals surface area contributed by atoms with E-state index in [1.165, 1.54) is 0 Å². The molecule has 2 amide bonds. The van der Waals surface area contributed by atoms with Gasteiger partial charge in [0.25, 0.3) is 5.91 Å². The zero-order valence-corrected chi connectivity index (χ0v) is 17.1. The number of rotatable bonds is 6. The summed E-state index contributed by atoms with van der Waals surface area (Å²) in [5.41, 5.74) is 3.21. The molecule has 142 valence electrons. The van der Waals surface area contributed by atoms with Gasteiger partial charge in [-0.2, -0.15) is 0 Å². The van der Waals surface area contributed by atoms with Crippen LogP contribution in [-0.2, 0) is 4.79 Å². The molecule has 2 N–H and O–H groups in total. The first kappa shape index (κ1) is 19.8. The highest BCUT2D eigenvalue weighted by molar-refractivity contribution is 9.10. The minimum Gasteiger partial charge on any atom is -0.345 e. The maximum Gasteiger partial charge on any atom is 0.251 e. The average molecular weight is 437 g/mol. The first-order chi connectivity index (χ1) is 13.5. The number of amides is 2. The van der Waals surface area contributed by atoms with E-state index in [2.05, 4.69) is 26.6 Å². The molecule has 0 aliphatic carbocycles. The van der Waals surface area contributed by atoms with Crippen LogP contribution in [0.15, 0.2) is 83.3 Å². The lowest BCUT2D eigenvalue weighted by Gasteiger charge is -2.19. The molecule has 5 heteroatoms. The van der Waals surface area contributed by atoms with Crippen LogP contribution in [0.25, 0.3) is 0 Å². The second-order valence-corrected chi connectivity index (χ2v) is 7.37. The number of carbonyl (C=O) groups is 2. The second-order valence-electron chi connectivity index (χ2n) is 6.52. The van der Waals surface area contributed by atoms with Gasteiger partial charge in [-0.15, -0.1) is 0 Å². The third-order valence-corrected chi connectivity index (χ3v) is 5.26. The van der Waals surface area contributed by atoms with Crippen molar-refractivity contribution in [3.8, 4) is 0 Å². The van der Waals surface area contributed by atoms with Gasteiger partial charge in [0.15, 0.2) is 0 Å². The Labute approximate surface area is 173 Å². The number of hydrogen-bond donors (Lipinski definition) is 2. The summed E-state index contributed by atoms with van der Waals surface area (Å²) in [4.78, 5) is 25.2. The van der Waals surface area contributed by atoms with Crippen LogP contribution in [0.1, 0.15) is 33.9 Å². The summed E-state index contributed by atoms with van der Waals surface area (Å²) in [5, 5.41) is 5.89. The zero-order chi connectivity index (χ0) is 19.9. The van der Waals surface area contributed by atoms with Crippen molar-refractivity contribution in [2.75, 3.05) is 5.32 Å². The highest BCUT2D eigenvalue weighted by Crippen LogP contribution is 2.22. The Hall–Kier alpha value is -2.92. The molecule has 0 saturated carbocycles. The zero-order valence-electron chi connectivity index (χ0n) is 15.5. The third kappa shape index (κ3) is 5.30. The summed E-state index contributed by atoms with van der Waals surface area (Å²) in [5.74, 6) is -0.370. The molecule has 0 unspecified atom stereocenters. The van der Waals surface area contributed by atoms with Crippen molar-refractivity contribution >= 4 is 33.4 Å². The number of aryl methyl sites for hydroxylation is 1. The van der Waals surface area contributed by atoms with Crippen molar-refractivity contribution in [3.63, 3.8) is 0 Å². The smallest absolute Gasteiger partial charge is 0.251 e. The Balaban J connectivity index is 1.74. The van der Waals surface area contributed by atoms with Crippen molar-refractivity contribution in [2.24, 2.45) is 0 Å². The van der Waals surface area contributed by atoms with E-state index in [4.69, 9.17) is 0 Å². The summed E-state index contributed by atoms with van der Waals surface area (Å²) >= 11 is 3.46. The largest absolute Gasteiger partial charge is 0.345 e. The van der Waals surface area contributed by atoms with Crippen molar-refractivity contribution in [2.45, 2.75) is 19.4 Å². The minimum absolute atomic E-state index is 0.137. The van der Waals surface area contributed by atoms with E-state index < -0.39 is 6.04 Å². The standard InChI is InChI=1S/C23H21BrN2O2/c1-16-14-19(12-13-20(16)24)25-22(27)15-21(17-8-4-2-5-9-17)26-23(28)18-10-6-3-7-11-18/h2-14,21H,15H2,1H3,(H,25,27)(H,26,28)/t21-/m0/s1.